The van der Waals surface area contributed by atoms with Gasteiger partial charge < -0.3 is 14.2 Å². The first-order valence-corrected chi connectivity index (χ1v) is 16.8. The van der Waals surface area contributed by atoms with Crippen LogP contribution in [0.1, 0.15) is 67.7 Å². The minimum Gasteiger partial charge on any atom is -0.417 e. The fraction of sp³-hybridized carbons (Fsp3) is 0.909. The van der Waals surface area contributed by atoms with Gasteiger partial charge in [-0.3, -0.25) is 9.59 Å². The molecule has 3 atom stereocenters. The van der Waals surface area contributed by atoms with Crippen molar-refractivity contribution >= 4 is 28.3 Å². The Labute approximate surface area is 181 Å². The van der Waals surface area contributed by atoms with Crippen molar-refractivity contribution in [3.8, 4) is 0 Å². The van der Waals surface area contributed by atoms with Crippen molar-refractivity contribution in [2.24, 2.45) is 5.92 Å². The zero-order valence-electron chi connectivity index (χ0n) is 20.7. The van der Waals surface area contributed by atoms with Crippen LogP contribution in [0.15, 0.2) is 0 Å². The molecule has 0 radical (unpaired) electrons. The van der Waals surface area contributed by atoms with Crippen molar-refractivity contribution in [1.29, 1.82) is 0 Å². The Hall–Kier alpha value is -0.506. The van der Waals surface area contributed by atoms with Crippen LogP contribution in [0.3, 0.4) is 0 Å². The Morgan fingerprint density at radius 1 is 1.03 bits per heavy atom. The molecule has 1 aliphatic heterocycles. The highest BCUT2D eigenvalue weighted by Gasteiger charge is 2.47. The van der Waals surface area contributed by atoms with Gasteiger partial charge in [-0.25, -0.2) is 0 Å². The van der Waals surface area contributed by atoms with Crippen LogP contribution < -0.4 is 5.32 Å². The van der Waals surface area contributed by atoms with Gasteiger partial charge >= 0.3 is 0 Å². The molecule has 1 saturated heterocycles. The highest BCUT2D eigenvalue weighted by Crippen LogP contribution is 2.39. The Bertz CT molecular complexity index is 591. The number of carbonyl (C=O) groups is 2. The second-order valence-corrected chi connectivity index (χ2v) is 21.2. The number of carbonyl (C=O) groups excluding carboxylic acids is 2. The van der Waals surface area contributed by atoms with Crippen LogP contribution in [0.25, 0.3) is 0 Å². The molecule has 0 spiro atoms. The van der Waals surface area contributed by atoms with Gasteiger partial charge in [-0.2, -0.15) is 0 Å². The summed E-state index contributed by atoms with van der Waals surface area (Å²) < 4.78 is 12.6. The summed E-state index contributed by atoms with van der Waals surface area (Å²) in [6.45, 7) is 24.7. The van der Waals surface area contributed by atoms with Crippen molar-refractivity contribution < 1.29 is 18.4 Å². The van der Waals surface area contributed by atoms with Gasteiger partial charge in [0, 0.05) is 25.5 Å². The average Bonchev–Trinajstić information content (AvgIpc) is 2.47. The molecule has 0 unspecified atom stereocenters. The third-order valence-corrected chi connectivity index (χ3v) is 16.3. The van der Waals surface area contributed by atoms with Crippen LogP contribution in [0, 0.1) is 5.92 Å². The fourth-order valence-electron chi connectivity index (χ4n) is 3.05. The molecule has 1 aliphatic rings. The lowest BCUT2D eigenvalue weighted by Crippen LogP contribution is -2.64. The van der Waals surface area contributed by atoms with Gasteiger partial charge in [-0.15, -0.1) is 0 Å². The molecule has 29 heavy (non-hydrogen) atoms. The van der Waals surface area contributed by atoms with Gasteiger partial charge in [-0.05, 0) is 49.6 Å². The first kappa shape index (κ1) is 26.5. The summed E-state index contributed by atoms with van der Waals surface area (Å²) in [6.07, 6.45) is 1.48. The first-order chi connectivity index (χ1) is 12.9. The molecule has 7 heteroatoms. The van der Waals surface area contributed by atoms with Gasteiger partial charge in [0.15, 0.2) is 16.6 Å². The predicted molar refractivity (Wildman–Crippen MR) is 125 cm³/mol. The second-order valence-electron chi connectivity index (χ2n) is 11.7. The molecule has 5 nitrogen and oxygen atoms in total. The highest BCUT2D eigenvalue weighted by atomic mass is 28.4. The molecule has 170 valence electrons. The number of amides is 1. The van der Waals surface area contributed by atoms with Gasteiger partial charge in [-0.1, -0.05) is 41.5 Å². The number of Topliss-reactive ketones (excluding diaryl/α,β-unsaturated/α-hetero) is 1. The van der Waals surface area contributed by atoms with E-state index in [2.05, 4.69) is 73.0 Å². The van der Waals surface area contributed by atoms with Crippen molar-refractivity contribution in [1.82, 2.24) is 5.32 Å². The van der Waals surface area contributed by atoms with Gasteiger partial charge in [0.05, 0.1) is 12.0 Å². The molecular weight excluding hydrogens is 398 g/mol. The van der Waals surface area contributed by atoms with Crippen LogP contribution in [-0.2, 0) is 18.4 Å². The topological polar surface area (TPSA) is 64.6 Å². The molecule has 1 fully saturated rings. The minimum absolute atomic E-state index is 0.00951. The van der Waals surface area contributed by atoms with E-state index in [9.17, 15) is 9.59 Å². The largest absolute Gasteiger partial charge is 0.417 e. The molecule has 1 heterocycles. The lowest BCUT2D eigenvalue weighted by atomic mass is 9.83. The zero-order chi connectivity index (χ0) is 22.8. The number of nitrogens with one attached hydrogen (secondary N) is 1. The highest BCUT2D eigenvalue weighted by molar-refractivity contribution is 6.74. The van der Waals surface area contributed by atoms with Crippen LogP contribution >= 0.6 is 0 Å². The van der Waals surface area contributed by atoms with E-state index in [1.54, 1.807) is 0 Å². The maximum Gasteiger partial charge on any atom is 0.228 e. The molecule has 0 aliphatic carbocycles. The van der Waals surface area contributed by atoms with Crippen LogP contribution in [0.4, 0.5) is 0 Å². The fourth-order valence-corrected chi connectivity index (χ4v) is 5.57. The molecule has 1 N–H and O–H groups in total. The number of ketones is 1. The number of β-lactam (4-membered cyclic amide) rings is 1. The Morgan fingerprint density at radius 2 is 1.55 bits per heavy atom. The average molecular weight is 444 g/mol. The monoisotopic (exact) mass is 443 g/mol. The SMILES string of the molecule is C[C@@H](O[Si](C)(C)C(C)(C)C)[C@H]1C(=O)N[C@@H]1CC(=O)CCCO[Si](C)(C)C(C)(C)C. The van der Waals surface area contributed by atoms with E-state index in [0.717, 1.165) is 6.42 Å². The molecule has 0 aromatic rings. The van der Waals surface area contributed by atoms with E-state index in [1.807, 2.05) is 6.92 Å². The third kappa shape index (κ3) is 7.01. The van der Waals surface area contributed by atoms with E-state index >= 15 is 0 Å². The molecule has 1 amide bonds. The van der Waals surface area contributed by atoms with E-state index in [0.29, 0.717) is 19.4 Å². The van der Waals surface area contributed by atoms with Crippen LogP contribution in [-0.4, -0.2) is 47.1 Å². The van der Waals surface area contributed by atoms with Crippen molar-refractivity contribution in [3.05, 3.63) is 0 Å². The summed E-state index contributed by atoms with van der Waals surface area (Å²) in [7, 11) is -3.71. The summed E-state index contributed by atoms with van der Waals surface area (Å²) in [5.74, 6) is -0.0230. The van der Waals surface area contributed by atoms with Gasteiger partial charge in [0.1, 0.15) is 5.78 Å². The van der Waals surface area contributed by atoms with Crippen LogP contribution in [0.5, 0.6) is 0 Å². The number of hydrogen-bond acceptors (Lipinski definition) is 4. The van der Waals surface area contributed by atoms with E-state index in [-0.39, 0.29) is 39.8 Å². The van der Waals surface area contributed by atoms with E-state index < -0.39 is 16.6 Å². The van der Waals surface area contributed by atoms with Crippen molar-refractivity contribution in [2.45, 2.75) is 116 Å². The summed E-state index contributed by atoms with van der Waals surface area (Å²) >= 11 is 0. The molecule has 0 aromatic carbocycles. The molecule has 1 rings (SSSR count). The molecular formula is C22H45NO4Si2. The molecule has 0 saturated carbocycles. The summed E-state index contributed by atoms with van der Waals surface area (Å²) in [4.78, 5) is 24.6. The maximum absolute atomic E-state index is 12.5. The predicted octanol–water partition coefficient (Wildman–Crippen LogP) is 5.27. The lowest BCUT2D eigenvalue weighted by molar-refractivity contribution is -0.141. The third-order valence-electron chi connectivity index (χ3n) is 7.17. The Balaban J connectivity index is 2.49. The summed E-state index contributed by atoms with van der Waals surface area (Å²) in [6, 6.07) is -0.101. The zero-order valence-corrected chi connectivity index (χ0v) is 22.7. The molecule has 0 bridgehead atoms. The number of rotatable bonds is 10. The maximum atomic E-state index is 12.5. The van der Waals surface area contributed by atoms with E-state index in [4.69, 9.17) is 8.85 Å². The first-order valence-electron chi connectivity index (χ1n) is 11.0. The smallest absolute Gasteiger partial charge is 0.228 e. The Kier molecular flexibility index (Phi) is 8.53. The minimum atomic E-state index is -1.95. The van der Waals surface area contributed by atoms with Crippen molar-refractivity contribution in [2.75, 3.05) is 6.61 Å². The van der Waals surface area contributed by atoms with Gasteiger partial charge in [0.2, 0.25) is 5.91 Å². The summed E-state index contributed by atoms with van der Waals surface area (Å²) in [5, 5.41) is 3.19. The Morgan fingerprint density at radius 3 is 2.00 bits per heavy atom. The normalized spacial score (nSPS) is 22.1. The quantitative estimate of drug-likeness (QED) is 0.284. The summed E-state index contributed by atoms with van der Waals surface area (Å²) in [5.41, 5.74) is 0. The number of hydrogen-bond donors (Lipinski definition) is 1. The van der Waals surface area contributed by atoms with Crippen molar-refractivity contribution in [3.63, 3.8) is 0 Å². The second kappa shape index (κ2) is 9.32. The standard InChI is InChI=1S/C22H45NO4Si2/c1-16(27-29(10,11)22(5,6)7)19-18(23-20(19)25)15-17(24)13-12-14-26-28(8,9)21(2,3)4/h16,18-19H,12-15H2,1-11H3,(H,23,25)/t16-,18-,19-/m1/s1. The molecule has 0 aromatic heterocycles. The van der Waals surface area contributed by atoms with E-state index in [1.165, 1.54) is 0 Å². The van der Waals surface area contributed by atoms with Gasteiger partial charge in [0.25, 0.3) is 0 Å². The van der Waals surface area contributed by atoms with Crippen LogP contribution in [0.2, 0.25) is 36.3 Å². The lowest BCUT2D eigenvalue weighted by Gasteiger charge is -2.45.